The van der Waals surface area contributed by atoms with Crippen LogP contribution in [0.5, 0.6) is 0 Å². The van der Waals surface area contributed by atoms with Gasteiger partial charge in [0.1, 0.15) is 17.5 Å². The Kier molecular flexibility index (Phi) is 5.95. The third-order valence-electron chi connectivity index (χ3n) is 7.85. The van der Waals surface area contributed by atoms with Crippen LogP contribution in [-0.4, -0.2) is 61.9 Å². The average Bonchev–Trinajstić information content (AvgIpc) is 3.52. The summed E-state index contributed by atoms with van der Waals surface area (Å²) < 4.78 is 55.9. The summed E-state index contributed by atoms with van der Waals surface area (Å²) in [6.07, 6.45) is 1.89. The quantitative estimate of drug-likeness (QED) is 0.366. The highest BCUT2D eigenvalue weighted by Crippen LogP contribution is 2.40. The zero-order valence-corrected chi connectivity index (χ0v) is 20.8. The van der Waals surface area contributed by atoms with Crippen molar-refractivity contribution in [3.05, 3.63) is 54.4 Å². The lowest BCUT2D eigenvalue weighted by atomic mass is 9.83. The number of hydrogen-bond donors (Lipinski definition) is 2. The first-order chi connectivity index (χ1) is 18.7. The van der Waals surface area contributed by atoms with Crippen LogP contribution in [0, 0.1) is 17.1 Å². The van der Waals surface area contributed by atoms with E-state index in [1.807, 2.05) is 12.3 Å². The fraction of sp³-hybridized carbons (Fsp3) is 0.385. The van der Waals surface area contributed by atoms with Gasteiger partial charge in [0.2, 0.25) is 0 Å². The molecule has 39 heavy (non-hydrogen) atoms. The molecular weight excluding hydrogens is 514 g/mol. The highest BCUT2D eigenvalue weighted by Gasteiger charge is 2.48. The van der Waals surface area contributed by atoms with E-state index < -0.39 is 23.1 Å². The SMILES string of the molecule is N#CCC1(n2cc(-c3ncnc4[nH]ccc34)c(N)n2)CN(C2CCN(c3cccc(C(F)(F)F)c3F)CC2)C1. The van der Waals surface area contributed by atoms with Crippen molar-refractivity contribution in [1.82, 2.24) is 29.6 Å². The molecule has 3 N–H and O–H groups in total. The molecular formula is C26H25F4N9. The van der Waals surface area contributed by atoms with Gasteiger partial charge in [-0.2, -0.15) is 23.5 Å². The molecule has 0 saturated carbocycles. The molecule has 2 saturated heterocycles. The van der Waals surface area contributed by atoms with Gasteiger partial charge >= 0.3 is 6.18 Å². The van der Waals surface area contributed by atoms with E-state index in [0.29, 0.717) is 61.7 Å². The minimum atomic E-state index is -4.74. The number of nitrogens with zero attached hydrogens (tertiary/aromatic N) is 7. The summed E-state index contributed by atoms with van der Waals surface area (Å²) in [5.74, 6) is -0.920. The standard InChI is InChI=1S/C26H25F4N9/c27-21-19(26(28,29)30)2-1-3-20(21)37-10-5-16(6-11-37)38-13-25(14-38,7-8-31)39-12-18(23(32)36-39)22-17-4-9-33-24(17)35-15-34-22/h1-4,9,12,15-16H,5-7,10-11,13-14H2,(H2,32,36)(H,33,34,35). The summed E-state index contributed by atoms with van der Waals surface area (Å²) in [7, 11) is 0. The summed E-state index contributed by atoms with van der Waals surface area (Å²) in [6.45, 7) is 2.02. The third kappa shape index (κ3) is 4.24. The van der Waals surface area contributed by atoms with E-state index >= 15 is 0 Å². The molecule has 0 aliphatic carbocycles. The molecule has 0 atom stereocenters. The summed E-state index contributed by atoms with van der Waals surface area (Å²) in [6, 6.07) is 7.71. The second-order valence-corrected chi connectivity index (χ2v) is 10.2. The Hall–Kier alpha value is -4.18. The molecule has 2 fully saturated rings. The number of anilines is 2. The molecule has 0 radical (unpaired) electrons. The van der Waals surface area contributed by atoms with Crippen LogP contribution < -0.4 is 10.6 Å². The molecule has 0 amide bonds. The Morgan fingerprint density at radius 1 is 1.15 bits per heavy atom. The van der Waals surface area contributed by atoms with Crippen LogP contribution >= 0.6 is 0 Å². The van der Waals surface area contributed by atoms with E-state index in [9.17, 15) is 22.8 Å². The average molecular weight is 540 g/mol. The molecule has 202 valence electrons. The van der Waals surface area contributed by atoms with Crippen molar-refractivity contribution in [2.45, 2.75) is 37.0 Å². The first-order valence-electron chi connectivity index (χ1n) is 12.6. The van der Waals surface area contributed by atoms with Crippen LogP contribution in [0.4, 0.5) is 29.1 Å². The maximum Gasteiger partial charge on any atom is 0.419 e. The fourth-order valence-corrected chi connectivity index (χ4v) is 5.81. The molecule has 2 aliphatic heterocycles. The van der Waals surface area contributed by atoms with Gasteiger partial charge in [-0.1, -0.05) is 6.07 Å². The van der Waals surface area contributed by atoms with E-state index in [2.05, 4.69) is 31.0 Å². The first kappa shape index (κ1) is 25.1. The van der Waals surface area contributed by atoms with Gasteiger partial charge in [-0.15, -0.1) is 0 Å². The zero-order valence-electron chi connectivity index (χ0n) is 20.8. The van der Waals surface area contributed by atoms with E-state index in [-0.39, 0.29) is 18.2 Å². The number of likely N-dealkylation sites (tertiary alicyclic amines) is 1. The number of nitrogens with one attached hydrogen (secondary N) is 1. The lowest BCUT2D eigenvalue weighted by Gasteiger charge is -2.53. The monoisotopic (exact) mass is 539 g/mol. The number of alkyl halides is 3. The molecule has 0 bridgehead atoms. The van der Waals surface area contributed by atoms with E-state index in [1.165, 1.54) is 18.5 Å². The van der Waals surface area contributed by atoms with Crippen molar-refractivity contribution in [3.8, 4) is 17.3 Å². The summed E-state index contributed by atoms with van der Waals surface area (Å²) in [5, 5.41) is 15.0. The van der Waals surface area contributed by atoms with Gasteiger partial charge in [0.05, 0.1) is 35.0 Å². The number of piperidine rings is 1. The van der Waals surface area contributed by atoms with Gasteiger partial charge in [0.15, 0.2) is 11.6 Å². The van der Waals surface area contributed by atoms with E-state index in [1.54, 1.807) is 15.8 Å². The fourth-order valence-electron chi connectivity index (χ4n) is 5.81. The molecule has 13 heteroatoms. The van der Waals surface area contributed by atoms with Gasteiger partial charge in [0, 0.05) is 50.0 Å². The second kappa shape index (κ2) is 9.23. The van der Waals surface area contributed by atoms with Crippen molar-refractivity contribution >= 4 is 22.5 Å². The van der Waals surface area contributed by atoms with Crippen LogP contribution in [-0.2, 0) is 11.7 Å². The maximum absolute atomic E-state index is 14.7. The minimum absolute atomic E-state index is 0.0218. The van der Waals surface area contributed by atoms with E-state index in [4.69, 9.17) is 5.73 Å². The summed E-state index contributed by atoms with van der Waals surface area (Å²) >= 11 is 0. The summed E-state index contributed by atoms with van der Waals surface area (Å²) in [5.41, 5.74) is 6.47. The molecule has 2 aliphatic rings. The smallest absolute Gasteiger partial charge is 0.382 e. The van der Waals surface area contributed by atoms with Crippen LogP contribution in [0.15, 0.2) is 43.0 Å². The molecule has 0 unspecified atom stereocenters. The number of rotatable bonds is 5. The lowest BCUT2D eigenvalue weighted by Crippen LogP contribution is -2.66. The minimum Gasteiger partial charge on any atom is -0.382 e. The van der Waals surface area contributed by atoms with Crippen molar-refractivity contribution < 1.29 is 17.6 Å². The van der Waals surface area contributed by atoms with Crippen LogP contribution in [0.1, 0.15) is 24.8 Å². The predicted molar refractivity (Wildman–Crippen MR) is 136 cm³/mol. The van der Waals surface area contributed by atoms with Crippen molar-refractivity contribution in [2.75, 3.05) is 36.8 Å². The van der Waals surface area contributed by atoms with Gasteiger partial charge < -0.3 is 15.6 Å². The summed E-state index contributed by atoms with van der Waals surface area (Å²) in [4.78, 5) is 15.6. The Bertz CT molecular complexity index is 1550. The van der Waals surface area contributed by atoms with Crippen molar-refractivity contribution in [3.63, 3.8) is 0 Å². The number of aromatic nitrogens is 5. The Morgan fingerprint density at radius 3 is 2.64 bits per heavy atom. The number of hydrogen-bond acceptors (Lipinski definition) is 7. The molecule has 4 aromatic rings. The number of benzene rings is 1. The highest BCUT2D eigenvalue weighted by atomic mass is 19.4. The van der Waals surface area contributed by atoms with Crippen molar-refractivity contribution in [1.29, 1.82) is 5.26 Å². The van der Waals surface area contributed by atoms with Gasteiger partial charge in [-0.05, 0) is 31.0 Å². The normalized spacial score (nSPS) is 18.3. The van der Waals surface area contributed by atoms with E-state index in [0.717, 1.165) is 11.5 Å². The first-order valence-corrected chi connectivity index (χ1v) is 12.6. The number of aromatic amines is 1. The Labute approximate surface area is 220 Å². The molecule has 3 aromatic heterocycles. The third-order valence-corrected chi connectivity index (χ3v) is 7.85. The number of nitrogens with two attached hydrogens (primary N) is 1. The van der Waals surface area contributed by atoms with Crippen molar-refractivity contribution in [2.24, 2.45) is 0 Å². The number of fused-ring (bicyclic) bond motifs is 1. The van der Waals surface area contributed by atoms with Crippen LogP contribution in [0.2, 0.25) is 0 Å². The molecule has 9 nitrogen and oxygen atoms in total. The zero-order chi connectivity index (χ0) is 27.4. The van der Waals surface area contributed by atoms with Crippen LogP contribution in [0.3, 0.4) is 0 Å². The van der Waals surface area contributed by atoms with Crippen LogP contribution in [0.25, 0.3) is 22.3 Å². The van der Waals surface area contributed by atoms with Gasteiger partial charge in [-0.25, -0.2) is 14.4 Å². The molecule has 0 spiro atoms. The molecule has 1 aromatic carbocycles. The number of nitrogen functional groups attached to an aromatic ring is 1. The highest BCUT2D eigenvalue weighted by molar-refractivity contribution is 5.93. The van der Waals surface area contributed by atoms with Gasteiger partial charge in [0.25, 0.3) is 0 Å². The van der Waals surface area contributed by atoms with Gasteiger partial charge in [-0.3, -0.25) is 9.58 Å². The Balaban J connectivity index is 1.16. The predicted octanol–water partition coefficient (Wildman–Crippen LogP) is 4.16. The second-order valence-electron chi connectivity index (χ2n) is 10.2. The largest absolute Gasteiger partial charge is 0.419 e. The Morgan fingerprint density at radius 2 is 1.92 bits per heavy atom. The topological polar surface area (TPSA) is 116 Å². The lowest BCUT2D eigenvalue weighted by molar-refractivity contribution is -0.139. The number of halogens is 4. The molecule has 6 rings (SSSR count). The number of H-pyrrole nitrogens is 1. The maximum atomic E-state index is 14.7. The molecule has 5 heterocycles. The number of nitriles is 1.